The van der Waals surface area contributed by atoms with Crippen molar-refractivity contribution in [2.75, 3.05) is 32.8 Å². The van der Waals surface area contributed by atoms with Crippen molar-refractivity contribution in [1.29, 1.82) is 0 Å². The standard InChI is InChI=1S/C23H29N3O4/c1-14-15(2)26-12-17(13-29-4)21-20(30-9-8-28-3)11-19(25-22(21)23(26)24-14)16-6-5-7-18(27)10-16/h5-7,10,12,19-20,25,27H,8-9,11,13H2,1-4H3. The van der Waals surface area contributed by atoms with Crippen LogP contribution in [-0.2, 0) is 20.8 Å². The Morgan fingerprint density at radius 3 is 2.77 bits per heavy atom. The van der Waals surface area contributed by atoms with Crippen LogP contribution in [0, 0.1) is 13.8 Å². The number of phenols is 1. The van der Waals surface area contributed by atoms with E-state index in [1.165, 1.54) is 0 Å². The zero-order valence-electron chi connectivity index (χ0n) is 17.9. The second-order valence-corrected chi connectivity index (χ2v) is 7.73. The highest BCUT2D eigenvalue weighted by molar-refractivity contribution is 5.76. The van der Waals surface area contributed by atoms with Crippen molar-refractivity contribution in [3.8, 4) is 5.75 Å². The number of rotatable bonds is 7. The summed E-state index contributed by atoms with van der Waals surface area (Å²) < 4.78 is 19.1. The van der Waals surface area contributed by atoms with E-state index in [0.29, 0.717) is 19.8 Å². The number of aromatic hydroxyl groups is 1. The van der Waals surface area contributed by atoms with Gasteiger partial charge in [0.1, 0.15) is 5.75 Å². The van der Waals surface area contributed by atoms with Gasteiger partial charge in [0, 0.05) is 43.7 Å². The lowest BCUT2D eigenvalue weighted by Crippen LogP contribution is -2.26. The van der Waals surface area contributed by atoms with Crippen LogP contribution in [0.2, 0.25) is 0 Å². The summed E-state index contributed by atoms with van der Waals surface area (Å²) in [4.78, 5) is 4.83. The molecule has 1 aliphatic rings. The number of aromatic nitrogens is 2. The molecule has 2 atom stereocenters. The summed E-state index contributed by atoms with van der Waals surface area (Å²) in [6.45, 7) is 5.60. The number of benzene rings is 1. The molecule has 0 aliphatic carbocycles. The average Bonchev–Trinajstić information content (AvgIpc) is 3.02. The number of hydrogen-bond acceptors (Lipinski definition) is 6. The molecule has 1 aliphatic heterocycles. The van der Waals surface area contributed by atoms with Gasteiger partial charge in [-0.3, -0.25) is 0 Å². The number of pyridine rings is 1. The molecule has 1 aromatic carbocycles. The van der Waals surface area contributed by atoms with Gasteiger partial charge in [-0.1, -0.05) is 12.1 Å². The van der Waals surface area contributed by atoms with Crippen molar-refractivity contribution in [2.24, 2.45) is 0 Å². The van der Waals surface area contributed by atoms with Crippen LogP contribution in [0.3, 0.4) is 0 Å². The maximum absolute atomic E-state index is 10.00. The summed E-state index contributed by atoms with van der Waals surface area (Å²) >= 11 is 0. The zero-order valence-corrected chi connectivity index (χ0v) is 17.9. The lowest BCUT2D eigenvalue weighted by Gasteiger charge is -2.35. The van der Waals surface area contributed by atoms with Gasteiger partial charge >= 0.3 is 0 Å². The molecule has 7 heteroatoms. The van der Waals surface area contributed by atoms with E-state index in [1.807, 2.05) is 19.1 Å². The molecule has 0 spiro atoms. The molecule has 0 saturated heterocycles. The van der Waals surface area contributed by atoms with Gasteiger partial charge in [0.05, 0.1) is 43.3 Å². The molecule has 0 fully saturated rings. The number of imidazole rings is 1. The van der Waals surface area contributed by atoms with E-state index >= 15 is 0 Å². The lowest BCUT2D eigenvalue weighted by molar-refractivity contribution is 0.00676. The number of hydrogen-bond donors (Lipinski definition) is 2. The molecule has 0 saturated carbocycles. The zero-order chi connectivity index (χ0) is 21.3. The largest absolute Gasteiger partial charge is 0.508 e. The number of phenolic OH excluding ortho intramolecular Hbond substituents is 1. The van der Waals surface area contributed by atoms with Crippen LogP contribution in [0.15, 0.2) is 30.5 Å². The Bertz CT molecular complexity index is 1050. The summed E-state index contributed by atoms with van der Waals surface area (Å²) in [5, 5.41) is 13.7. The molecule has 3 aromatic rings. The van der Waals surface area contributed by atoms with Crippen molar-refractivity contribution < 1.29 is 19.3 Å². The maximum atomic E-state index is 10.00. The number of methoxy groups -OCH3 is 2. The first-order chi connectivity index (χ1) is 14.5. The quantitative estimate of drug-likeness (QED) is 0.571. The second-order valence-electron chi connectivity index (χ2n) is 7.73. The molecule has 0 bridgehead atoms. The van der Waals surface area contributed by atoms with Gasteiger partial charge in [0.15, 0.2) is 5.65 Å². The minimum absolute atomic E-state index is 0.0175. The van der Waals surface area contributed by atoms with Crippen LogP contribution >= 0.6 is 0 Å². The molecule has 30 heavy (non-hydrogen) atoms. The number of fused-ring (bicyclic) bond motifs is 3. The fourth-order valence-corrected chi connectivity index (χ4v) is 4.20. The van der Waals surface area contributed by atoms with E-state index in [2.05, 4.69) is 22.8 Å². The average molecular weight is 412 g/mol. The molecule has 3 heterocycles. The molecule has 160 valence electrons. The van der Waals surface area contributed by atoms with Crippen molar-refractivity contribution in [1.82, 2.24) is 9.38 Å². The number of anilines is 1. The SMILES string of the molecule is COCCOC1CC(c2cccc(O)c2)Nc2c1c(COC)cn1c(C)c(C)nc21. The fourth-order valence-electron chi connectivity index (χ4n) is 4.20. The summed E-state index contributed by atoms with van der Waals surface area (Å²) in [5.74, 6) is 0.253. The van der Waals surface area contributed by atoms with Gasteiger partial charge in [-0.25, -0.2) is 4.98 Å². The van der Waals surface area contributed by atoms with Gasteiger partial charge in [-0.05, 0) is 31.5 Å². The Labute approximate surface area is 176 Å². The van der Waals surface area contributed by atoms with Crippen molar-refractivity contribution in [2.45, 2.75) is 39.0 Å². The van der Waals surface area contributed by atoms with Crippen molar-refractivity contribution in [3.63, 3.8) is 0 Å². The van der Waals surface area contributed by atoms with E-state index in [9.17, 15) is 5.11 Å². The molecule has 7 nitrogen and oxygen atoms in total. The van der Waals surface area contributed by atoms with Gasteiger partial charge < -0.3 is 29.0 Å². The Hall–Kier alpha value is -2.61. The predicted molar refractivity (Wildman–Crippen MR) is 115 cm³/mol. The van der Waals surface area contributed by atoms with Crippen LogP contribution in [0.25, 0.3) is 5.65 Å². The Balaban J connectivity index is 1.86. The van der Waals surface area contributed by atoms with E-state index in [-0.39, 0.29) is 17.9 Å². The van der Waals surface area contributed by atoms with Crippen molar-refractivity contribution >= 4 is 11.3 Å². The maximum Gasteiger partial charge on any atom is 0.161 e. The molecule has 4 rings (SSSR count). The van der Waals surface area contributed by atoms with Crippen LogP contribution in [0.1, 0.15) is 46.6 Å². The third-order valence-corrected chi connectivity index (χ3v) is 5.78. The monoisotopic (exact) mass is 411 g/mol. The van der Waals surface area contributed by atoms with Crippen LogP contribution in [-0.4, -0.2) is 41.9 Å². The van der Waals surface area contributed by atoms with Crippen molar-refractivity contribution in [3.05, 3.63) is 58.5 Å². The third-order valence-electron chi connectivity index (χ3n) is 5.78. The highest BCUT2D eigenvalue weighted by Crippen LogP contribution is 2.45. The normalized spacial score (nSPS) is 18.4. The minimum atomic E-state index is -0.142. The van der Waals surface area contributed by atoms with E-state index in [4.69, 9.17) is 19.2 Å². The fraction of sp³-hybridized carbons (Fsp3) is 0.435. The molecule has 0 amide bonds. The Morgan fingerprint density at radius 2 is 2.03 bits per heavy atom. The van der Waals surface area contributed by atoms with E-state index in [1.54, 1.807) is 26.4 Å². The predicted octanol–water partition coefficient (Wildman–Crippen LogP) is 4.06. The number of nitrogens with one attached hydrogen (secondary N) is 1. The molecular weight excluding hydrogens is 382 g/mol. The highest BCUT2D eigenvalue weighted by atomic mass is 16.5. The molecular formula is C23H29N3O4. The molecule has 0 radical (unpaired) electrons. The second kappa shape index (κ2) is 8.63. The van der Waals surface area contributed by atoms with E-state index < -0.39 is 0 Å². The first kappa shape index (κ1) is 20.7. The number of nitrogens with zero attached hydrogens (tertiary/aromatic N) is 2. The summed E-state index contributed by atoms with van der Waals surface area (Å²) in [5.41, 5.74) is 7.10. The van der Waals surface area contributed by atoms with Gasteiger partial charge in [-0.15, -0.1) is 0 Å². The van der Waals surface area contributed by atoms with Crippen LogP contribution in [0.4, 0.5) is 5.69 Å². The minimum Gasteiger partial charge on any atom is -0.508 e. The Kier molecular flexibility index (Phi) is 5.94. The van der Waals surface area contributed by atoms with Gasteiger partial charge in [0.25, 0.3) is 0 Å². The first-order valence-electron chi connectivity index (χ1n) is 10.2. The summed E-state index contributed by atoms with van der Waals surface area (Å²) in [6, 6.07) is 7.35. The summed E-state index contributed by atoms with van der Waals surface area (Å²) in [7, 11) is 3.38. The molecule has 2 unspecified atom stereocenters. The smallest absolute Gasteiger partial charge is 0.161 e. The van der Waals surface area contributed by atoms with Crippen LogP contribution in [0.5, 0.6) is 5.75 Å². The number of aryl methyl sites for hydroxylation is 2. The Morgan fingerprint density at radius 1 is 1.20 bits per heavy atom. The lowest BCUT2D eigenvalue weighted by atomic mass is 9.89. The van der Waals surface area contributed by atoms with Gasteiger partial charge in [-0.2, -0.15) is 0 Å². The van der Waals surface area contributed by atoms with Gasteiger partial charge in [0.2, 0.25) is 0 Å². The first-order valence-corrected chi connectivity index (χ1v) is 10.2. The highest BCUT2D eigenvalue weighted by Gasteiger charge is 2.33. The topological polar surface area (TPSA) is 77.2 Å². The number of ether oxygens (including phenoxy) is 3. The molecule has 2 N–H and O–H groups in total. The summed E-state index contributed by atoms with van der Waals surface area (Å²) in [6.07, 6.45) is 2.69. The van der Waals surface area contributed by atoms with E-state index in [0.717, 1.165) is 45.8 Å². The molecule has 2 aromatic heterocycles. The van der Waals surface area contributed by atoms with Crippen LogP contribution < -0.4 is 5.32 Å². The third kappa shape index (κ3) is 3.76.